The molecule has 1 fully saturated rings. The van der Waals surface area contributed by atoms with Gasteiger partial charge in [0, 0.05) is 23.5 Å². The summed E-state index contributed by atoms with van der Waals surface area (Å²) in [5.74, 6) is 9.61. The molecule has 0 bridgehead atoms. The standard InChI is InChI=1S/C22H22F2N2O4/c1-13(27)19(22(2,30)21(23)24)26-20(29)15-9-7-14(8-10-15)5-3-4-6-16-11-17(16)12-18(25)28/h7-10,16-17,19,21,30H,11-12H2,1-2H3,(H2,25,28)(H,26,29)/t16?,17?,19-,22+/m1/s1. The average Bonchev–Trinajstić information content (AvgIpc) is 3.39. The lowest BCUT2D eigenvalue weighted by Gasteiger charge is -2.30. The number of hydrogen-bond acceptors (Lipinski definition) is 4. The lowest BCUT2D eigenvalue weighted by molar-refractivity contribution is -0.138. The number of carbonyl (C=O) groups is 3. The first kappa shape index (κ1) is 23.1. The number of primary amides is 1. The van der Waals surface area contributed by atoms with Crippen molar-refractivity contribution < 1.29 is 28.3 Å². The van der Waals surface area contributed by atoms with Crippen LogP contribution < -0.4 is 11.1 Å². The van der Waals surface area contributed by atoms with Crippen LogP contribution in [-0.2, 0) is 9.59 Å². The summed E-state index contributed by atoms with van der Waals surface area (Å²) in [7, 11) is 0. The molecule has 1 aromatic rings. The van der Waals surface area contributed by atoms with Crippen LogP contribution in [0.3, 0.4) is 0 Å². The fourth-order valence-electron chi connectivity index (χ4n) is 2.85. The highest BCUT2D eigenvalue weighted by molar-refractivity contribution is 5.98. The van der Waals surface area contributed by atoms with Crippen LogP contribution in [0.2, 0.25) is 0 Å². The summed E-state index contributed by atoms with van der Waals surface area (Å²) in [5, 5.41) is 12.0. The van der Waals surface area contributed by atoms with Crippen molar-refractivity contribution in [3.05, 3.63) is 35.4 Å². The summed E-state index contributed by atoms with van der Waals surface area (Å²) in [6.45, 7) is 1.81. The van der Waals surface area contributed by atoms with E-state index in [0.29, 0.717) is 12.0 Å². The van der Waals surface area contributed by atoms with Crippen LogP contribution in [0.5, 0.6) is 0 Å². The van der Waals surface area contributed by atoms with Gasteiger partial charge in [-0.05, 0) is 62.3 Å². The Morgan fingerprint density at radius 1 is 1.27 bits per heavy atom. The number of ketones is 1. The van der Waals surface area contributed by atoms with Gasteiger partial charge in [-0.3, -0.25) is 14.4 Å². The molecule has 4 N–H and O–H groups in total. The van der Waals surface area contributed by atoms with Crippen LogP contribution in [0.25, 0.3) is 0 Å². The molecule has 8 heteroatoms. The SMILES string of the molecule is CC(=O)[C@@H](NC(=O)c1ccc(C#CC#CC2CC2CC(N)=O)cc1)[C@](C)(O)C(F)F. The van der Waals surface area contributed by atoms with E-state index in [1.54, 1.807) is 12.1 Å². The van der Waals surface area contributed by atoms with Crippen LogP contribution in [0.4, 0.5) is 8.78 Å². The van der Waals surface area contributed by atoms with Crippen LogP contribution in [0.1, 0.15) is 42.6 Å². The maximum Gasteiger partial charge on any atom is 0.269 e. The average molecular weight is 416 g/mol. The minimum absolute atomic E-state index is 0.121. The number of Topliss-reactive ketones (excluding diaryl/α,β-unsaturated/α-hetero) is 1. The van der Waals surface area contributed by atoms with Crippen molar-refractivity contribution in [1.29, 1.82) is 0 Å². The van der Waals surface area contributed by atoms with Gasteiger partial charge in [0.05, 0.1) is 0 Å². The molecule has 0 heterocycles. The van der Waals surface area contributed by atoms with Gasteiger partial charge in [0.15, 0.2) is 5.78 Å². The van der Waals surface area contributed by atoms with E-state index in [2.05, 4.69) is 29.0 Å². The summed E-state index contributed by atoms with van der Waals surface area (Å²) < 4.78 is 26.0. The number of hydrogen-bond donors (Lipinski definition) is 3. The quantitative estimate of drug-likeness (QED) is 0.581. The van der Waals surface area contributed by atoms with Crippen LogP contribution >= 0.6 is 0 Å². The molecule has 158 valence electrons. The van der Waals surface area contributed by atoms with Crippen LogP contribution in [-0.4, -0.2) is 40.8 Å². The first-order valence-corrected chi connectivity index (χ1v) is 9.24. The third kappa shape index (κ3) is 6.13. The Hall–Kier alpha value is -3.23. The summed E-state index contributed by atoms with van der Waals surface area (Å²) in [6.07, 6.45) is -2.05. The fourth-order valence-corrected chi connectivity index (χ4v) is 2.85. The van der Waals surface area contributed by atoms with E-state index in [1.165, 1.54) is 12.1 Å². The smallest absolute Gasteiger partial charge is 0.269 e. The van der Waals surface area contributed by atoms with Gasteiger partial charge in [0.2, 0.25) is 5.91 Å². The summed E-state index contributed by atoms with van der Waals surface area (Å²) in [5.41, 5.74) is 3.14. The predicted octanol–water partition coefficient (Wildman–Crippen LogP) is 1.26. The molecule has 2 amide bonds. The Morgan fingerprint density at radius 3 is 2.43 bits per heavy atom. The third-order valence-corrected chi connectivity index (χ3v) is 4.77. The van der Waals surface area contributed by atoms with Gasteiger partial charge in [-0.1, -0.05) is 11.8 Å². The van der Waals surface area contributed by atoms with Crippen molar-refractivity contribution in [2.24, 2.45) is 17.6 Å². The number of aliphatic hydroxyl groups is 1. The molecule has 1 aliphatic carbocycles. The Bertz CT molecular complexity index is 949. The Kier molecular flexibility index (Phi) is 7.31. The molecular weight excluding hydrogens is 394 g/mol. The van der Waals surface area contributed by atoms with Crippen molar-refractivity contribution in [3.63, 3.8) is 0 Å². The highest BCUT2D eigenvalue weighted by Gasteiger charge is 2.44. The minimum Gasteiger partial charge on any atom is -0.382 e. The summed E-state index contributed by atoms with van der Waals surface area (Å²) >= 11 is 0. The predicted molar refractivity (Wildman–Crippen MR) is 105 cm³/mol. The van der Waals surface area contributed by atoms with E-state index in [1.807, 2.05) is 0 Å². The van der Waals surface area contributed by atoms with Gasteiger partial charge >= 0.3 is 0 Å². The van der Waals surface area contributed by atoms with E-state index >= 15 is 0 Å². The lowest BCUT2D eigenvalue weighted by Crippen LogP contribution is -2.58. The van der Waals surface area contributed by atoms with Crippen molar-refractivity contribution in [2.75, 3.05) is 0 Å². The van der Waals surface area contributed by atoms with E-state index in [4.69, 9.17) is 5.73 Å². The Morgan fingerprint density at radius 2 is 1.90 bits per heavy atom. The molecule has 0 saturated heterocycles. The summed E-state index contributed by atoms with van der Waals surface area (Å²) in [4.78, 5) is 34.7. The van der Waals surface area contributed by atoms with Gasteiger partial charge < -0.3 is 16.2 Å². The number of nitrogens with two attached hydrogens (primary N) is 1. The topological polar surface area (TPSA) is 109 Å². The Balaban J connectivity index is 1.98. The zero-order chi connectivity index (χ0) is 22.5. The van der Waals surface area contributed by atoms with E-state index in [9.17, 15) is 28.3 Å². The normalized spacial score (nSPS) is 19.9. The molecule has 1 aliphatic rings. The first-order chi connectivity index (χ1) is 14.0. The molecule has 0 aliphatic heterocycles. The van der Waals surface area contributed by atoms with Crippen LogP contribution in [0, 0.1) is 35.5 Å². The molecule has 2 unspecified atom stereocenters. The number of amides is 2. The van der Waals surface area contributed by atoms with Crippen molar-refractivity contribution >= 4 is 17.6 Å². The van der Waals surface area contributed by atoms with E-state index < -0.39 is 29.8 Å². The van der Waals surface area contributed by atoms with Gasteiger partial charge in [0.1, 0.15) is 11.6 Å². The molecule has 1 saturated carbocycles. The molecule has 4 atom stereocenters. The van der Waals surface area contributed by atoms with Gasteiger partial charge in [0.25, 0.3) is 12.3 Å². The third-order valence-electron chi connectivity index (χ3n) is 4.77. The molecule has 6 nitrogen and oxygen atoms in total. The Labute approximate surface area is 173 Å². The van der Waals surface area contributed by atoms with Gasteiger partial charge in [-0.15, -0.1) is 0 Å². The van der Waals surface area contributed by atoms with Gasteiger partial charge in [-0.2, -0.15) is 0 Å². The fraction of sp³-hybridized carbons (Fsp3) is 0.409. The number of rotatable bonds is 7. The number of alkyl halides is 2. The largest absolute Gasteiger partial charge is 0.382 e. The molecule has 0 spiro atoms. The lowest BCUT2D eigenvalue weighted by atomic mass is 9.93. The summed E-state index contributed by atoms with van der Waals surface area (Å²) in [6, 6.07) is 4.19. The molecule has 2 rings (SSSR count). The monoisotopic (exact) mass is 416 g/mol. The number of benzene rings is 1. The number of carbonyl (C=O) groups excluding carboxylic acids is 3. The van der Waals surface area contributed by atoms with Crippen molar-refractivity contribution in [1.82, 2.24) is 5.32 Å². The second-order valence-electron chi connectivity index (χ2n) is 7.41. The van der Waals surface area contributed by atoms with Crippen molar-refractivity contribution in [2.45, 2.75) is 44.8 Å². The highest BCUT2D eigenvalue weighted by atomic mass is 19.3. The number of nitrogens with one attached hydrogen (secondary N) is 1. The molecule has 30 heavy (non-hydrogen) atoms. The van der Waals surface area contributed by atoms with Gasteiger partial charge in [-0.25, -0.2) is 8.78 Å². The first-order valence-electron chi connectivity index (χ1n) is 9.24. The number of halogens is 2. The van der Waals surface area contributed by atoms with E-state index in [-0.39, 0.29) is 23.3 Å². The molecule has 0 radical (unpaired) electrons. The zero-order valence-electron chi connectivity index (χ0n) is 16.5. The highest BCUT2D eigenvalue weighted by Crippen LogP contribution is 2.40. The molecule has 1 aromatic carbocycles. The minimum atomic E-state index is -3.22. The van der Waals surface area contributed by atoms with E-state index in [0.717, 1.165) is 20.3 Å². The zero-order valence-corrected chi connectivity index (χ0v) is 16.5. The van der Waals surface area contributed by atoms with Crippen LogP contribution in [0.15, 0.2) is 24.3 Å². The maximum atomic E-state index is 13.0. The maximum absolute atomic E-state index is 13.0. The van der Waals surface area contributed by atoms with Crippen molar-refractivity contribution in [3.8, 4) is 23.7 Å². The molecular formula is C22H22F2N2O4. The molecule has 0 aromatic heterocycles. The second-order valence-corrected chi connectivity index (χ2v) is 7.41. The second kappa shape index (κ2) is 9.51.